The number of anilines is 1. The molecule has 3 heterocycles. The van der Waals surface area contributed by atoms with Gasteiger partial charge in [0.15, 0.2) is 0 Å². The number of hydrogen-bond donors (Lipinski definition) is 2. The van der Waals surface area contributed by atoms with Gasteiger partial charge in [0.25, 0.3) is 0 Å². The van der Waals surface area contributed by atoms with Crippen molar-refractivity contribution >= 4 is 17.8 Å². The van der Waals surface area contributed by atoms with Gasteiger partial charge in [-0.25, -0.2) is 9.97 Å². The number of amides is 2. The number of nitrogens with one attached hydrogen (secondary N) is 2. The van der Waals surface area contributed by atoms with Crippen molar-refractivity contribution in [2.24, 2.45) is 5.92 Å². The predicted molar refractivity (Wildman–Crippen MR) is 85.8 cm³/mol. The van der Waals surface area contributed by atoms with E-state index in [0.717, 1.165) is 5.76 Å². The molecule has 0 saturated carbocycles. The number of rotatable bonds is 7. The summed E-state index contributed by atoms with van der Waals surface area (Å²) in [6, 6.07) is 5.33. The average Bonchev–Trinajstić information content (AvgIpc) is 3.23. The van der Waals surface area contributed by atoms with Crippen LogP contribution in [0.15, 0.2) is 41.3 Å². The first-order chi connectivity index (χ1) is 11.7. The molecule has 2 N–H and O–H groups in total. The molecule has 2 aromatic heterocycles. The van der Waals surface area contributed by atoms with Crippen LogP contribution in [0.4, 0.5) is 5.95 Å². The number of nitrogens with zero attached hydrogens (tertiary/aromatic N) is 3. The molecule has 8 heteroatoms. The molecule has 3 rings (SSSR count). The third-order valence-electron chi connectivity index (χ3n) is 3.79. The molecule has 0 aromatic carbocycles. The maximum Gasteiger partial charge on any atom is 0.225 e. The summed E-state index contributed by atoms with van der Waals surface area (Å²) in [4.78, 5) is 33.9. The first kappa shape index (κ1) is 16.0. The fourth-order valence-corrected chi connectivity index (χ4v) is 2.59. The maximum atomic E-state index is 12.2. The van der Waals surface area contributed by atoms with Crippen molar-refractivity contribution in [2.75, 3.05) is 25.0 Å². The van der Waals surface area contributed by atoms with E-state index >= 15 is 0 Å². The van der Waals surface area contributed by atoms with Crippen LogP contribution in [0, 0.1) is 5.92 Å². The van der Waals surface area contributed by atoms with Gasteiger partial charge < -0.3 is 20.0 Å². The van der Waals surface area contributed by atoms with Gasteiger partial charge in [-0.1, -0.05) is 0 Å². The van der Waals surface area contributed by atoms with Gasteiger partial charge in [-0.05, 0) is 18.2 Å². The second-order valence-electron chi connectivity index (χ2n) is 5.54. The molecule has 0 bridgehead atoms. The second kappa shape index (κ2) is 7.58. The van der Waals surface area contributed by atoms with E-state index in [1.165, 1.54) is 0 Å². The van der Waals surface area contributed by atoms with Gasteiger partial charge >= 0.3 is 0 Å². The molecule has 0 unspecified atom stereocenters. The molecular weight excluding hydrogens is 310 g/mol. The Labute approximate surface area is 139 Å². The standard InChI is InChI=1S/C16H19N5O3/c22-14-9-12(10-21(14)11-13-3-1-8-24-13)15(23)17-6-7-20-16-18-4-2-5-19-16/h1-5,8,12H,6-7,9-11H2,(H,17,23)(H,18,19,20)/t12-/m0/s1. The molecule has 0 radical (unpaired) electrons. The quantitative estimate of drug-likeness (QED) is 0.723. The zero-order chi connectivity index (χ0) is 16.8. The monoisotopic (exact) mass is 329 g/mol. The van der Waals surface area contributed by atoms with Gasteiger partial charge in [-0.3, -0.25) is 9.59 Å². The van der Waals surface area contributed by atoms with E-state index in [2.05, 4.69) is 20.6 Å². The van der Waals surface area contributed by atoms with E-state index in [9.17, 15) is 9.59 Å². The van der Waals surface area contributed by atoms with E-state index in [0.29, 0.717) is 32.1 Å². The number of aromatic nitrogens is 2. The van der Waals surface area contributed by atoms with Crippen molar-refractivity contribution < 1.29 is 14.0 Å². The fourth-order valence-electron chi connectivity index (χ4n) is 2.59. The summed E-state index contributed by atoms with van der Waals surface area (Å²) < 4.78 is 5.25. The fraction of sp³-hybridized carbons (Fsp3) is 0.375. The number of furan rings is 1. The van der Waals surface area contributed by atoms with Crippen LogP contribution in [0.2, 0.25) is 0 Å². The zero-order valence-corrected chi connectivity index (χ0v) is 13.1. The Morgan fingerprint density at radius 3 is 2.88 bits per heavy atom. The van der Waals surface area contributed by atoms with E-state index in [4.69, 9.17) is 4.42 Å². The number of carbonyl (C=O) groups is 2. The third-order valence-corrected chi connectivity index (χ3v) is 3.79. The SMILES string of the molecule is O=C(NCCNc1ncccn1)[C@H]1CC(=O)N(Cc2ccco2)C1. The molecule has 1 atom stereocenters. The zero-order valence-electron chi connectivity index (χ0n) is 13.1. The Kier molecular flexibility index (Phi) is 5.05. The van der Waals surface area contributed by atoms with Crippen LogP contribution < -0.4 is 10.6 Å². The molecular formula is C16H19N5O3. The molecule has 1 aliphatic heterocycles. The van der Waals surface area contributed by atoms with Crippen LogP contribution >= 0.6 is 0 Å². The van der Waals surface area contributed by atoms with Crippen molar-refractivity contribution in [3.05, 3.63) is 42.6 Å². The second-order valence-corrected chi connectivity index (χ2v) is 5.54. The van der Waals surface area contributed by atoms with Crippen LogP contribution in [0.3, 0.4) is 0 Å². The summed E-state index contributed by atoms with van der Waals surface area (Å²) in [6.07, 6.45) is 5.10. The van der Waals surface area contributed by atoms with Crippen LogP contribution in [0.25, 0.3) is 0 Å². The summed E-state index contributed by atoms with van der Waals surface area (Å²) in [6.45, 7) is 1.79. The Bertz CT molecular complexity index is 674. The summed E-state index contributed by atoms with van der Waals surface area (Å²) in [5.74, 6) is 0.785. The van der Waals surface area contributed by atoms with Crippen LogP contribution in [-0.2, 0) is 16.1 Å². The van der Waals surface area contributed by atoms with Gasteiger partial charge in [0.2, 0.25) is 17.8 Å². The first-order valence-corrected chi connectivity index (χ1v) is 7.81. The minimum Gasteiger partial charge on any atom is -0.467 e. The summed E-state index contributed by atoms with van der Waals surface area (Å²) in [5, 5.41) is 5.85. The van der Waals surface area contributed by atoms with E-state index in [1.807, 2.05) is 6.07 Å². The molecule has 1 saturated heterocycles. The number of likely N-dealkylation sites (tertiary alicyclic amines) is 1. The molecule has 1 fully saturated rings. The maximum absolute atomic E-state index is 12.2. The lowest BCUT2D eigenvalue weighted by atomic mass is 10.1. The minimum absolute atomic E-state index is 0.0256. The average molecular weight is 329 g/mol. The van der Waals surface area contributed by atoms with Crippen LogP contribution in [0.1, 0.15) is 12.2 Å². The normalized spacial score (nSPS) is 17.1. The highest BCUT2D eigenvalue weighted by Crippen LogP contribution is 2.20. The molecule has 1 aliphatic rings. The Morgan fingerprint density at radius 1 is 1.29 bits per heavy atom. The van der Waals surface area contributed by atoms with E-state index in [1.54, 1.807) is 35.7 Å². The third kappa shape index (κ3) is 4.09. The lowest BCUT2D eigenvalue weighted by Crippen LogP contribution is -2.35. The summed E-state index contributed by atoms with van der Waals surface area (Å²) in [7, 11) is 0. The minimum atomic E-state index is -0.319. The molecule has 2 amide bonds. The molecule has 126 valence electrons. The lowest BCUT2D eigenvalue weighted by molar-refractivity contribution is -0.129. The van der Waals surface area contributed by atoms with Gasteiger partial charge in [-0.2, -0.15) is 0 Å². The topological polar surface area (TPSA) is 100 Å². The Morgan fingerprint density at radius 2 is 2.12 bits per heavy atom. The van der Waals surface area contributed by atoms with Gasteiger partial charge in [0, 0.05) is 38.4 Å². The Balaban J connectivity index is 1.40. The highest BCUT2D eigenvalue weighted by atomic mass is 16.3. The van der Waals surface area contributed by atoms with Crippen molar-refractivity contribution in [3.63, 3.8) is 0 Å². The first-order valence-electron chi connectivity index (χ1n) is 7.81. The predicted octanol–water partition coefficient (Wildman–Crippen LogP) is 0.646. The van der Waals surface area contributed by atoms with Crippen molar-refractivity contribution in [1.29, 1.82) is 0 Å². The van der Waals surface area contributed by atoms with Gasteiger partial charge in [0.1, 0.15) is 5.76 Å². The van der Waals surface area contributed by atoms with Gasteiger partial charge in [-0.15, -0.1) is 0 Å². The Hall–Kier alpha value is -2.90. The van der Waals surface area contributed by atoms with Crippen LogP contribution in [0.5, 0.6) is 0 Å². The highest BCUT2D eigenvalue weighted by Gasteiger charge is 2.34. The molecule has 8 nitrogen and oxygen atoms in total. The number of carbonyl (C=O) groups excluding carboxylic acids is 2. The molecule has 0 aliphatic carbocycles. The van der Waals surface area contributed by atoms with Gasteiger partial charge in [0.05, 0.1) is 18.7 Å². The largest absolute Gasteiger partial charge is 0.467 e. The van der Waals surface area contributed by atoms with Crippen molar-refractivity contribution in [3.8, 4) is 0 Å². The highest BCUT2D eigenvalue weighted by molar-refractivity contribution is 5.89. The summed E-state index contributed by atoms with van der Waals surface area (Å²) >= 11 is 0. The molecule has 0 spiro atoms. The molecule has 24 heavy (non-hydrogen) atoms. The summed E-state index contributed by atoms with van der Waals surface area (Å²) in [5.41, 5.74) is 0. The van der Waals surface area contributed by atoms with Crippen molar-refractivity contribution in [1.82, 2.24) is 20.2 Å². The lowest BCUT2D eigenvalue weighted by Gasteiger charge is -2.15. The smallest absolute Gasteiger partial charge is 0.225 e. The van der Waals surface area contributed by atoms with E-state index < -0.39 is 0 Å². The van der Waals surface area contributed by atoms with Crippen molar-refractivity contribution in [2.45, 2.75) is 13.0 Å². The van der Waals surface area contributed by atoms with Crippen LogP contribution in [-0.4, -0.2) is 46.3 Å². The van der Waals surface area contributed by atoms with E-state index in [-0.39, 0.29) is 24.2 Å². The number of hydrogen-bond acceptors (Lipinski definition) is 6. The molecule has 2 aromatic rings.